The highest BCUT2D eigenvalue weighted by atomic mass is 19.3. The largest absolute Gasteiger partial charge is 0.324 e. The average molecular weight is 372 g/mol. The number of carbonyl (C=O) groups excluding carboxylic acids is 1. The molecule has 7 heteroatoms. The number of pyridine rings is 1. The molecule has 1 aromatic carbocycles. The van der Waals surface area contributed by atoms with E-state index in [1.165, 1.54) is 16.3 Å². The summed E-state index contributed by atoms with van der Waals surface area (Å²) in [5, 5.41) is 7.37. The molecule has 3 rings (SSSR count). The monoisotopic (exact) mass is 372 g/mol. The predicted molar refractivity (Wildman–Crippen MR) is 101 cm³/mol. The fourth-order valence-corrected chi connectivity index (χ4v) is 3.09. The number of benzene rings is 1. The Labute approximate surface area is 156 Å². The molecule has 0 saturated carbocycles. The summed E-state index contributed by atoms with van der Waals surface area (Å²) in [7, 11) is 0. The lowest BCUT2D eigenvalue weighted by atomic mass is 10.0. The summed E-state index contributed by atoms with van der Waals surface area (Å²) >= 11 is 0. The lowest BCUT2D eigenvalue weighted by molar-refractivity contribution is -0.116. The maximum Gasteiger partial charge on any atom is 0.264 e. The van der Waals surface area contributed by atoms with Crippen molar-refractivity contribution in [2.45, 2.75) is 46.6 Å². The van der Waals surface area contributed by atoms with Gasteiger partial charge in [-0.05, 0) is 43.5 Å². The highest BCUT2D eigenvalue weighted by Crippen LogP contribution is 2.30. The van der Waals surface area contributed by atoms with Crippen LogP contribution in [-0.4, -0.2) is 20.7 Å². The van der Waals surface area contributed by atoms with Gasteiger partial charge in [-0.2, -0.15) is 5.10 Å². The predicted octanol–water partition coefficient (Wildman–Crippen LogP) is 4.75. The van der Waals surface area contributed by atoms with Crippen molar-refractivity contribution >= 4 is 22.6 Å². The molecule has 0 aliphatic heterocycles. The number of aryl methyl sites for hydroxylation is 2. The minimum absolute atomic E-state index is 0.102. The zero-order valence-electron chi connectivity index (χ0n) is 15.8. The second-order valence-corrected chi connectivity index (χ2v) is 6.92. The molecular formula is C20H22F2N4O. The van der Waals surface area contributed by atoms with Gasteiger partial charge in [0.2, 0.25) is 5.91 Å². The Morgan fingerprint density at radius 2 is 1.85 bits per heavy atom. The van der Waals surface area contributed by atoms with E-state index in [9.17, 15) is 13.6 Å². The minimum atomic E-state index is -2.63. The van der Waals surface area contributed by atoms with Gasteiger partial charge in [0.25, 0.3) is 6.43 Å². The van der Waals surface area contributed by atoms with Crippen molar-refractivity contribution in [3.63, 3.8) is 0 Å². The van der Waals surface area contributed by atoms with Gasteiger partial charge in [-0.1, -0.05) is 26.0 Å². The maximum atomic E-state index is 13.4. The van der Waals surface area contributed by atoms with Crippen LogP contribution in [0.15, 0.2) is 30.3 Å². The molecule has 1 N–H and O–H groups in total. The zero-order valence-corrected chi connectivity index (χ0v) is 15.8. The van der Waals surface area contributed by atoms with E-state index in [2.05, 4.69) is 29.2 Å². The van der Waals surface area contributed by atoms with Crippen LogP contribution in [0.25, 0.3) is 11.0 Å². The first kappa shape index (κ1) is 18.9. The van der Waals surface area contributed by atoms with Crippen LogP contribution in [0.5, 0.6) is 0 Å². The number of nitrogens with one attached hydrogen (secondary N) is 1. The highest BCUT2D eigenvalue weighted by Gasteiger charge is 2.20. The fourth-order valence-electron chi connectivity index (χ4n) is 3.09. The Morgan fingerprint density at radius 1 is 1.19 bits per heavy atom. The fraction of sp³-hybridized carbons (Fsp3) is 0.350. The third kappa shape index (κ3) is 3.97. The molecule has 0 unspecified atom stereocenters. The van der Waals surface area contributed by atoms with Gasteiger partial charge in [0, 0.05) is 16.9 Å². The highest BCUT2D eigenvalue weighted by molar-refractivity contribution is 5.92. The number of aromatic nitrogens is 3. The molecule has 0 saturated heterocycles. The van der Waals surface area contributed by atoms with E-state index >= 15 is 0 Å². The smallest absolute Gasteiger partial charge is 0.264 e. The van der Waals surface area contributed by atoms with Gasteiger partial charge in [-0.3, -0.25) is 4.79 Å². The SMILES string of the molecule is Cc1cc(C(F)F)c2c(C)nn(CC(=O)Nc3ccc(C(C)C)cc3)c2n1. The average Bonchev–Trinajstić information content (AvgIpc) is 2.90. The molecule has 0 aliphatic carbocycles. The lowest BCUT2D eigenvalue weighted by Crippen LogP contribution is -2.20. The number of hydrogen-bond donors (Lipinski definition) is 1. The van der Waals surface area contributed by atoms with Crippen molar-refractivity contribution in [1.29, 1.82) is 0 Å². The summed E-state index contributed by atoms with van der Waals surface area (Å²) in [6.45, 7) is 7.39. The summed E-state index contributed by atoms with van der Waals surface area (Å²) in [4.78, 5) is 16.7. The Bertz CT molecular complexity index is 978. The molecule has 2 aromatic heterocycles. The first-order valence-electron chi connectivity index (χ1n) is 8.79. The number of rotatable bonds is 5. The topological polar surface area (TPSA) is 59.8 Å². The summed E-state index contributed by atoms with van der Waals surface area (Å²) < 4.78 is 28.1. The number of halogens is 2. The number of fused-ring (bicyclic) bond motifs is 1. The standard InChI is InChI=1S/C20H22F2N4O/c1-11(2)14-5-7-15(8-6-14)24-17(27)10-26-20-18(13(4)25-26)16(19(21)22)9-12(3)23-20/h5-9,11,19H,10H2,1-4H3,(H,24,27). The van der Waals surface area contributed by atoms with E-state index in [0.29, 0.717) is 34.0 Å². The second kappa shape index (κ2) is 7.42. The second-order valence-electron chi connectivity index (χ2n) is 6.92. The van der Waals surface area contributed by atoms with E-state index in [0.717, 1.165) is 0 Å². The number of carbonyl (C=O) groups is 1. The van der Waals surface area contributed by atoms with Crippen molar-refractivity contribution < 1.29 is 13.6 Å². The molecule has 2 heterocycles. The van der Waals surface area contributed by atoms with E-state index in [4.69, 9.17) is 0 Å². The van der Waals surface area contributed by atoms with Gasteiger partial charge in [-0.15, -0.1) is 0 Å². The number of nitrogens with zero attached hydrogens (tertiary/aromatic N) is 3. The Hall–Kier alpha value is -2.83. The molecule has 1 amide bonds. The van der Waals surface area contributed by atoms with Crippen LogP contribution in [-0.2, 0) is 11.3 Å². The van der Waals surface area contributed by atoms with Crippen molar-refractivity contribution in [3.05, 3.63) is 52.8 Å². The molecule has 3 aromatic rings. The molecule has 0 aliphatic rings. The number of alkyl halides is 2. The van der Waals surface area contributed by atoms with Gasteiger partial charge in [0.05, 0.1) is 11.1 Å². The van der Waals surface area contributed by atoms with Crippen LogP contribution in [0.4, 0.5) is 14.5 Å². The normalized spacial score (nSPS) is 11.6. The molecule has 0 atom stereocenters. The van der Waals surface area contributed by atoms with Crippen molar-refractivity contribution in [1.82, 2.24) is 14.8 Å². The van der Waals surface area contributed by atoms with Crippen LogP contribution < -0.4 is 5.32 Å². The molecule has 27 heavy (non-hydrogen) atoms. The molecule has 0 bridgehead atoms. The number of anilines is 1. The Morgan fingerprint density at radius 3 is 2.44 bits per heavy atom. The van der Waals surface area contributed by atoms with Crippen LogP contribution in [0, 0.1) is 13.8 Å². The molecule has 5 nitrogen and oxygen atoms in total. The maximum absolute atomic E-state index is 13.4. The molecule has 0 fully saturated rings. The van der Waals surface area contributed by atoms with Gasteiger partial charge in [-0.25, -0.2) is 18.4 Å². The van der Waals surface area contributed by atoms with Gasteiger partial charge in [0.1, 0.15) is 6.54 Å². The van der Waals surface area contributed by atoms with Crippen molar-refractivity contribution in [2.75, 3.05) is 5.32 Å². The van der Waals surface area contributed by atoms with E-state index in [1.807, 2.05) is 24.3 Å². The van der Waals surface area contributed by atoms with Crippen LogP contribution in [0.1, 0.15) is 48.7 Å². The van der Waals surface area contributed by atoms with Gasteiger partial charge < -0.3 is 5.32 Å². The van der Waals surface area contributed by atoms with E-state index < -0.39 is 6.43 Å². The summed E-state index contributed by atoms with van der Waals surface area (Å²) in [6, 6.07) is 8.98. The van der Waals surface area contributed by atoms with E-state index in [1.54, 1.807) is 13.8 Å². The first-order valence-corrected chi connectivity index (χ1v) is 8.79. The van der Waals surface area contributed by atoms with E-state index in [-0.39, 0.29) is 18.0 Å². The van der Waals surface area contributed by atoms with Crippen molar-refractivity contribution in [3.8, 4) is 0 Å². The van der Waals surface area contributed by atoms with Crippen molar-refractivity contribution in [2.24, 2.45) is 0 Å². The van der Waals surface area contributed by atoms with Gasteiger partial charge >= 0.3 is 0 Å². The van der Waals surface area contributed by atoms with Crippen LogP contribution in [0.3, 0.4) is 0 Å². The van der Waals surface area contributed by atoms with Crippen LogP contribution in [0.2, 0.25) is 0 Å². The summed E-state index contributed by atoms with van der Waals surface area (Å²) in [5.41, 5.74) is 2.94. The minimum Gasteiger partial charge on any atom is -0.324 e. The Kier molecular flexibility index (Phi) is 5.21. The van der Waals surface area contributed by atoms with Crippen LogP contribution >= 0.6 is 0 Å². The summed E-state index contributed by atoms with van der Waals surface area (Å²) in [5.74, 6) is 0.116. The lowest BCUT2D eigenvalue weighted by Gasteiger charge is -2.09. The quantitative estimate of drug-likeness (QED) is 0.703. The third-order valence-corrected chi connectivity index (χ3v) is 4.43. The summed E-state index contributed by atoms with van der Waals surface area (Å²) in [6.07, 6.45) is -2.63. The van der Waals surface area contributed by atoms with Gasteiger partial charge in [0.15, 0.2) is 5.65 Å². The molecule has 142 valence electrons. The number of hydrogen-bond acceptors (Lipinski definition) is 3. The number of amides is 1. The molecular weight excluding hydrogens is 350 g/mol. The zero-order chi connectivity index (χ0) is 19.7. The molecule has 0 spiro atoms. The Balaban J connectivity index is 1.85. The third-order valence-electron chi connectivity index (χ3n) is 4.43. The molecule has 0 radical (unpaired) electrons. The first-order chi connectivity index (χ1) is 12.8.